The van der Waals surface area contributed by atoms with Gasteiger partial charge in [-0.1, -0.05) is 110 Å². The third-order valence-electron chi connectivity index (χ3n) is 6.65. The number of likely N-dealkylation sites (N-methyl/N-ethyl adjacent to an activating group) is 1. The molecule has 1 heterocycles. The lowest BCUT2D eigenvalue weighted by Gasteiger charge is -2.37. The largest absolute Gasteiger partial charge is 0.445 e. The van der Waals surface area contributed by atoms with Gasteiger partial charge in [0.2, 0.25) is 5.91 Å². The van der Waals surface area contributed by atoms with Crippen molar-refractivity contribution < 1.29 is 14.3 Å². The van der Waals surface area contributed by atoms with Crippen molar-refractivity contribution in [2.45, 2.75) is 22.5 Å². The number of rotatable bonds is 9. The highest BCUT2D eigenvalue weighted by Gasteiger charge is 2.44. The van der Waals surface area contributed by atoms with E-state index in [1.807, 2.05) is 36.0 Å². The van der Waals surface area contributed by atoms with Crippen molar-refractivity contribution in [3.8, 4) is 0 Å². The van der Waals surface area contributed by atoms with Gasteiger partial charge in [-0.3, -0.25) is 4.79 Å². The molecule has 1 fully saturated rings. The van der Waals surface area contributed by atoms with E-state index in [-0.39, 0.29) is 23.8 Å². The first-order chi connectivity index (χ1) is 18.5. The van der Waals surface area contributed by atoms with Crippen molar-refractivity contribution in [3.63, 3.8) is 0 Å². The molecule has 0 bridgehead atoms. The zero-order chi connectivity index (χ0) is 27.0. The molecule has 0 unspecified atom stereocenters. The third kappa shape index (κ3) is 6.03. The van der Waals surface area contributed by atoms with E-state index in [0.29, 0.717) is 13.0 Å². The predicted octanol–water partition coefficient (Wildman–Crippen LogP) is 6.12. The van der Waals surface area contributed by atoms with Crippen LogP contribution < -0.4 is 0 Å². The third-order valence-corrected chi connectivity index (χ3v) is 8.39. The van der Waals surface area contributed by atoms with Gasteiger partial charge in [-0.25, -0.2) is 4.79 Å². The molecule has 0 N–H and O–H groups in total. The molecule has 4 rings (SSSR count). The maximum absolute atomic E-state index is 13.0. The second-order valence-corrected chi connectivity index (χ2v) is 10.9. The summed E-state index contributed by atoms with van der Waals surface area (Å²) >= 11 is 1.85. The van der Waals surface area contributed by atoms with Crippen LogP contribution in [0.5, 0.6) is 0 Å². The predicted molar refractivity (Wildman–Crippen MR) is 155 cm³/mol. The van der Waals surface area contributed by atoms with Crippen LogP contribution in [0.4, 0.5) is 4.79 Å². The summed E-state index contributed by atoms with van der Waals surface area (Å²) in [6.07, 6.45) is 5.23. The molecule has 0 spiro atoms. The van der Waals surface area contributed by atoms with Crippen molar-refractivity contribution in [2.75, 3.05) is 27.2 Å². The van der Waals surface area contributed by atoms with E-state index >= 15 is 0 Å². The van der Waals surface area contributed by atoms with Crippen molar-refractivity contribution in [2.24, 2.45) is 0 Å². The minimum Gasteiger partial charge on any atom is -0.445 e. The molecule has 1 aliphatic rings. The zero-order valence-corrected chi connectivity index (χ0v) is 22.7. The zero-order valence-electron chi connectivity index (χ0n) is 21.9. The van der Waals surface area contributed by atoms with Crippen molar-refractivity contribution >= 4 is 23.8 Å². The van der Waals surface area contributed by atoms with Gasteiger partial charge in [0.15, 0.2) is 0 Å². The van der Waals surface area contributed by atoms with Gasteiger partial charge in [-0.05, 0) is 23.1 Å². The number of nitrogens with zero attached hydrogens (tertiary/aromatic N) is 2. The van der Waals surface area contributed by atoms with Crippen LogP contribution in [0.1, 0.15) is 23.1 Å². The Labute approximate surface area is 229 Å². The molecule has 0 aromatic heterocycles. The summed E-state index contributed by atoms with van der Waals surface area (Å²) < 4.78 is 4.93. The number of amides is 2. The first-order valence-corrected chi connectivity index (χ1v) is 13.6. The second-order valence-electron chi connectivity index (χ2n) is 9.43. The molecular weight excluding hydrogens is 492 g/mol. The molecular formula is C32H34N2O3S. The summed E-state index contributed by atoms with van der Waals surface area (Å²) in [5.41, 5.74) is 3.51. The Bertz CT molecular complexity index is 1150. The second kappa shape index (κ2) is 12.7. The summed E-state index contributed by atoms with van der Waals surface area (Å²) in [5, 5.41) is 0.0796. The van der Waals surface area contributed by atoms with Crippen LogP contribution in [0.2, 0.25) is 0 Å². The number of ether oxygens (including phenoxy) is 1. The van der Waals surface area contributed by atoms with Crippen LogP contribution in [0, 0.1) is 0 Å². The molecule has 3 aromatic rings. The Morgan fingerprint density at radius 1 is 0.947 bits per heavy atom. The Morgan fingerprint density at radius 2 is 1.45 bits per heavy atom. The standard InChI is InChI=1S/C32H34N2O3S/c1-4-22-37-31(36)34-24-29(23-28(34)20-21-30(35)33(2)3)38-32(25-14-8-5-9-15-25,26-16-10-6-11-17-26)27-18-12-7-13-19-27/h4-21,28-29H,1,22-24H2,2-3H3/t28-,29+/m1/s1. The summed E-state index contributed by atoms with van der Waals surface area (Å²) in [5.74, 6) is -0.118. The quantitative estimate of drug-likeness (QED) is 0.191. The molecule has 2 amide bonds. The molecule has 3 aromatic carbocycles. The topological polar surface area (TPSA) is 49.9 Å². The normalized spacial score (nSPS) is 17.4. The van der Waals surface area contributed by atoms with Crippen molar-refractivity contribution in [1.82, 2.24) is 9.80 Å². The molecule has 1 saturated heterocycles. The summed E-state index contributed by atoms with van der Waals surface area (Å²) in [4.78, 5) is 28.6. The fourth-order valence-electron chi connectivity index (χ4n) is 4.83. The van der Waals surface area contributed by atoms with Crippen LogP contribution >= 0.6 is 11.8 Å². The van der Waals surface area contributed by atoms with E-state index in [4.69, 9.17) is 4.74 Å². The lowest BCUT2D eigenvalue weighted by molar-refractivity contribution is -0.123. The summed E-state index contributed by atoms with van der Waals surface area (Å²) in [6, 6.07) is 31.3. The average Bonchev–Trinajstić information content (AvgIpc) is 3.37. The van der Waals surface area contributed by atoms with Crippen LogP contribution in [0.25, 0.3) is 0 Å². The molecule has 2 atom stereocenters. The van der Waals surface area contributed by atoms with Crippen LogP contribution in [-0.4, -0.2) is 60.3 Å². The van der Waals surface area contributed by atoms with Gasteiger partial charge in [0.25, 0.3) is 0 Å². The van der Waals surface area contributed by atoms with Crippen LogP contribution in [0.15, 0.2) is 116 Å². The van der Waals surface area contributed by atoms with E-state index in [9.17, 15) is 9.59 Å². The lowest BCUT2D eigenvalue weighted by atomic mass is 9.84. The van der Waals surface area contributed by atoms with Crippen molar-refractivity contribution in [1.29, 1.82) is 0 Å². The number of hydrogen-bond donors (Lipinski definition) is 0. The maximum atomic E-state index is 13.0. The fraction of sp³-hybridized carbons (Fsp3) is 0.250. The number of hydrogen-bond acceptors (Lipinski definition) is 4. The van der Waals surface area contributed by atoms with Gasteiger partial charge in [-0.15, -0.1) is 11.8 Å². The van der Waals surface area contributed by atoms with E-state index in [2.05, 4.69) is 79.4 Å². The molecule has 0 radical (unpaired) electrons. The monoisotopic (exact) mass is 526 g/mol. The summed E-state index contributed by atoms with van der Waals surface area (Å²) in [7, 11) is 3.42. The van der Waals surface area contributed by atoms with E-state index in [1.165, 1.54) is 21.6 Å². The van der Waals surface area contributed by atoms with Gasteiger partial charge >= 0.3 is 6.09 Å². The van der Waals surface area contributed by atoms with Crippen molar-refractivity contribution in [3.05, 3.63) is 132 Å². The number of likely N-dealkylation sites (tertiary alicyclic amines) is 1. The van der Waals surface area contributed by atoms with E-state index < -0.39 is 10.8 Å². The van der Waals surface area contributed by atoms with Gasteiger partial charge in [0.05, 0.1) is 10.8 Å². The average molecular weight is 527 g/mol. The highest BCUT2D eigenvalue weighted by molar-refractivity contribution is 8.01. The Kier molecular flexibility index (Phi) is 9.08. The molecule has 0 saturated carbocycles. The Hall–Kier alpha value is -3.77. The van der Waals surface area contributed by atoms with Gasteiger partial charge in [-0.2, -0.15) is 0 Å². The minimum absolute atomic E-state index is 0.0796. The van der Waals surface area contributed by atoms with Gasteiger partial charge < -0.3 is 14.5 Å². The fourth-order valence-corrected chi connectivity index (χ4v) is 6.68. The molecule has 1 aliphatic heterocycles. The highest BCUT2D eigenvalue weighted by Crippen LogP contribution is 2.52. The molecule has 38 heavy (non-hydrogen) atoms. The maximum Gasteiger partial charge on any atom is 0.410 e. The molecule has 5 nitrogen and oxygen atoms in total. The number of thioether (sulfide) groups is 1. The smallest absolute Gasteiger partial charge is 0.410 e. The minimum atomic E-state index is -0.497. The van der Waals surface area contributed by atoms with Gasteiger partial charge in [0, 0.05) is 32.0 Å². The van der Waals surface area contributed by atoms with E-state index in [0.717, 1.165) is 0 Å². The first-order valence-electron chi connectivity index (χ1n) is 12.7. The number of carbonyl (C=O) groups is 2. The number of carbonyl (C=O) groups excluding carboxylic acids is 2. The highest BCUT2D eigenvalue weighted by atomic mass is 32.2. The van der Waals surface area contributed by atoms with Gasteiger partial charge in [0.1, 0.15) is 6.61 Å². The number of benzene rings is 3. The van der Waals surface area contributed by atoms with E-state index in [1.54, 1.807) is 31.1 Å². The molecule has 6 heteroatoms. The lowest BCUT2D eigenvalue weighted by Crippen LogP contribution is -2.36. The van der Waals surface area contributed by atoms with Crippen LogP contribution in [0.3, 0.4) is 0 Å². The van der Waals surface area contributed by atoms with Crippen LogP contribution in [-0.2, 0) is 14.3 Å². The Balaban J connectivity index is 1.76. The molecule has 0 aliphatic carbocycles. The first kappa shape index (κ1) is 27.3. The Morgan fingerprint density at radius 3 is 1.89 bits per heavy atom. The molecule has 196 valence electrons. The SMILES string of the molecule is C=CCOC(=O)N1C[C@@H](SC(c2ccccc2)(c2ccccc2)c2ccccc2)C[C@H]1C=CC(=O)N(C)C. The summed E-state index contributed by atoms with van der Waals surface area (Å²) in [6.45, 7) is 4.30.